The summed E-state index contributed by atoms with van der Waals surface area (Å²) >= 11 is 0. The summed E-state index contributed by atoms with van der Waals surface area (Å²) < 4.78 is 2.02. The molecule has 0 spiro atoms. The highest BCUT2D eigenvalue weighted by atomic mass is 14.9. The van der Waals surface area contributed by atoms with Gasteiger partial charge in [0.05, 0.1) is 17.6 Å². The predicted molar refractivity (Wildman–Crippen MR) is 195 cm³/mol. The molecule has 48 heavy (non-hydrogen) atoms. The SMILES string of the molecule is [c-]1cccc[n+]1-c1ccc(CCc2cc(CCc3ccc(-c4ccccc4)nc3)cc(CCc3ccc(-c4ccccc4)nc3)c2)cc1. The third-order valence-electron chi connectivity index (χ3n) is 8.88. The Hall–Kier alpha value is -5.67. The molecular weight excluding hydrogens is 583 g/mol. The van der Waals surface area contributed by atoms with Crippen molar-refractivity contribution in [2.45, 2.75) is 38.5 Å². The molecule has 3 heterocycles. The van der Waals surface area contributed by atoms with E-state index >= 15 is 0 Å². The first-order chi connectivity index (χ1) is 23.7. The van der Waals surface area contributed by atoms with E-state index in [1.807, 2.05) is 53.5 Å². The molecule has 0 unspecified atom stereocenters. The van der Waals surface area contributed by atoms with E-state index in [0.717, 1.165) is 66.7 Å². The molecule has 4 aromatic carbocycles. The van der Waals surface area contributed by atoms with Gasteiger partial charge in [-0.05, 0) is 96.2 Å². The van der Waals surface area contributed by atoms with Gasteiger partial charge in [0.1, 0.15) is 5.69 Å². The monoisotopic (exact) mass is 621 g/mol. The highest BCUT2D eigenvalue weighted by molar-refractivity contribution is 5.59. The van der Waals surface area contributed by atoms with Crippen molar-refractivity contribution in [2.24, 2.45) is 0 Å². The van der Waals surface area contributed by atoms with Crippen LogP contribution in [0.5, 0.6) is 0 Å². The van der Waals surface area contributed by atoms with Crippen molar-refractivity contribution in [3.63, 3.8) is 0 Å². The van der Waals surface area contributed by atoms with Crippen LogP contribution in [0.25, 0.3) is 28.2 Å². The maximum atomic E-state index is 4.76. The van der Waals surface area contributed by atoms with Crippen LogP contribution in [-0.2, 0) is 38.5 Å². The summed E-state index contributed by atoms with van der Waals surface area (Å²) in [5.41, 5.74) is 13.5. The second-order valence-corrected chi connectivity index (χ2v) is 12.4. The topological polar surface area (TPSA) is 29.7 Å². The molecule has 0 saturated carbocycles. The van der Waals surface area contributed by atoms with Gasteiger partial charge >= 0.3 is 0 Å². The fourth-order valence-corrected chi connectivity index (χ4v) is 6.18. The molecule has 0 aliphatic heterocycles. The number of hydrogen-bond donors (Lipinski definition) is 0. The Morgan fingerprint density at radius 3 is 1.31 bits per heavy atom. The minimum Gasteiger partial charge on any atom is -0.285 e. The zero-order chi connectivity index (χ0) is 32.4. The quantitative estimate of drug-likeness (QED) is 0.101. The van der Waals surface area contributed by atoms with Gasteiger partial charge in [-0.1, -0.05) is 115 Å². The van der Waals surface area contributed by atoms with E-state index in [1.165, 1.54) is 33.4 Å². The van der Waals surface area contributed by atoms with Gasteiger partial charge in [0.15, 0.2) is 6.20 Å². The lowest BCUT2D eigenvalue weighted by molar-refractivity contribution is -0.600. The molecule has 0 fully saturated rings. The van der Waals surface area contributed by atoms with Crippen LogP contribution in [0.15, 0.2) is 164 Å². The molecule has 0 bridgehead atoms. The summed E-state index contributed by atoms with van der Waals surface area (Å²) in [7, 11) is 0. The number of aromatic nitrogens is 3. The summed E-state index contributed by atoms with van der Waals surface area (Å²) in [5, 5.41) is 0. The Morgan fingerprint density at radius 2 is 0.875 bits per heavy atom. The van der Waals surface area contributed by atoms with Gasteiger partial charge in [0, 0.05) is 23.5 Å². The van der Waals surface area contributed by atoms with Gasteiger partial charge in [0.25, 0.3) is 0 Å². The van der Waals surface area contributed by atoms with Gasteiger partial charge in [0.2, 0.25) is 0 Å². The van der Waals surface area contributed by atoms with Crippen LogP contribution < -0.4 is 4.57 Å². The van der Waals surface area contributed by atoms with Crippen molar-refractivity contribution < 1.29 is 4.57 Å². The van der Waals surface area contributed by atoms with Crippen molar-refractivity contribution in [1.82, 2.24) is 9.97 Å². The summed E-state index contributed by atoms with van der Waals surface area (Å²) in [6, 6.07) is 51.5. The van der Waals surface area contributed by atoms with Crippen molar-refractivity contribution in [2.75, 3.05) is 0 Å². The van der Waals surface area contributed by atoms with Crippen molar-refractivity contribution in [3.8, 4) is 28.2 Å². The molecule has 3 nitrogen and oxygen atoms in total. The van der Waals surface area contributed by atoms with Crippen LogP contribution in [0.4, 0.5) is 0 Å². The van der Waals surface area contributed by atoms with E-state index in [0.29, 0.717) is 0 Å². The normalized spacial score (nSPS) is 11.0. The van der Waals surface area contributed by atoms with Gasteiger partial charge in [-0.15, -0.1) is 6.07 Å². The summed E-state index contributed by atoms with van der Waals surface area (Å²) in [5.74, 6) is 0. The Balaban J connectivity index is 1.05. The van der Waals surface area contributed by atoms with Crippen LogP contribution in [-0.4, -0.2) is 9.97 Å². The van der Waals surface area contributed by atoms with E-state index in [1.54, 1.807) is 0 Å². The van der Waals surface area contributed by atoms with E-state index < -0.39 is 0 Å². The molecule has 3 heteroatoms. The average Bonchev–Trinajstić information content (AvgIpc) is 3.17. The lowest BCUT2D eigenvalue weighted by Gasteiger charge is -2.12. The second kappa shape index (κ2) is 15.3. The summed E-state index contributed by atoms with van der Waals surface area (Å²) in [6.07, 6.45) is 15.3. The molecule has 7 rings (SSSR count). The van der Waals surface area contributed by atoms with Crippen LogP contribution in [0, 0.1) is 6.20 Å². The molecular formula is C45H39N3. The largest absolute Gasteiger partial charge is 0.285 e. The Morgan fingerprint density at radius 1 is 0.417 bits per heavy atom. The van der Waals surface area contributed by atoms with Crippen LogP contribution >= 0.6 is 0 Å². The van der Waals surface area contributed by atoms with Crippen molar-refractivity contribution >= 4 is 0 Å². The second-order valence-electron chi connectivity index (χ2n) is 12.4. The van der Waals surface area contributed by atoms with E-state index in [4.69, 9.17) is 9.97 Å². The lowest BCUT2D eigenvalue weighted by Crippen LogP contribution is -2.29. The maximum absolute atomic E-state index is 4.76. The van der Waals surface area contributed by atoms with E-state index in [2.05, 4.69) is 121 Å². The maximum Gasteiger partial charge on any atom is 0.152 e. The molecule has 0 aliphatic rings. The first-order valence-electron chi connectivity index (χ1n) is 16.9. The number of aryl methyl sites for hydroxylation is 6. The number of nitrogens with zero attached hydrogens (tertiary/aromatic N) is 3. The first kappa shape index (κ1) is 31.0. The predicted octanol–water partition coefficient (Wildman–Crippen LogP) is 9.24. The number of benzene rings is 4. The first-order valence-corrected chi connectivity index (χ1v) is 16.9. The zero-order valence-electron chi connectivity index (χ0n) is 27.2. The Kier molecular flexibility index (Phi) is 9.85. The lowest BCUT2D eigenvalue weighted by atomic mass is 9.94. The van der Waals surface area contributed by atoms with E-state index in [9.17, 15) is 0 Å². The van der Waals surface area contributed by atoms with E-state index in [-0.39, 0.29) is 0 Å². The molecule has 7 aromatic rings. The number of pyridine rings is 3. The number of hydrogen-bond acceptors (Lipinski definition) is 2. The molecule has 0 aliphatic carbocycles. The summed E-state index contributed by atoms with van der Waals surface area (Å²) in [4.78, 5) is 9.53. The molecule has 0 amide bonds. The standard InChI is InChI=1S/C45H39N3/c1-4-10-41(11-5-1)44-26-22-36(33-46-44)15-18-39-30-38(17-14-35-20-24-43(25-21-35)48-28-8-3-9-29-48)31-40(32-39)19-16-37-23-27-45(47-34-37)42-12-6-2-7-13-42/h1-13,20-28,30-34H,14-19H2. The fraction of sp³-hybridized carbons (Fsp3) is 0.133. The highest BCUT2D eigenvalue weighted by Crippen LogP contribution is 2.21. The molecule has 0 N–H and O–H groups in total. The Bertz CT molecular complexity index is 1770. The molecule has 0 saturated heterocycles. The molecule has 234 valence electrons. The smallest absolute Gasteiger partial charge is 0.152 e. The van der Waals surface area contributed by atoms with Crippen LogP contribution in [0.2, 0.25) is 0 Å². The highest BCUT2D eigenvalue weighted by Gasteiger charge is 2.07. The third-order valence-corrected chi connectivity index (χ3v) is 8.88. The molecule has 3 aromatic heterocycles. The Labute approximate surface area is 284 Å². The fourth-order valence-electron chi connectivity index (χ4n) is 6.18. The minimum absolute atomic E-state index is 0.964. The van der Waals surface area contributed by atoms with Crippen molar-refractivity contribution in [3.05, 3.63) is 204 Å². The van der Waals surface area contributed by atoms with Crippen LogP contribution in [0.1, 0.15) is 33.4 Å². The van der Waals surface area contributed by atoms with Gasteiger partial charge in [-0.25, -0.2) is 0 Å². The molecule has 0 atom stereocenters. The summed E-state index contributed by atoms with van der Waals surface area (Å²) in [6.45, 7) is 0. The van der Waals surface area contributed by atoms with Crippen molar-refractivity contribution in [1.29, 1.82) is 0 Å². The third kappa shape index (κ3) is 8.18. The zero-order valence-corrected chi connectivity index (χ0v) is 27.2. The van der Waals surface area contributed by atoms with Gasteiger partial charge < -0.3 is 0 Å². The average molecular weight is 622 g/mol. The minimum atomic E-state index is 0.964. The van der Waals surface area contributed by atoms with Gasteiger partial charge in [-0.3, -0.25) is 14.5 Å². The number of rotatable bonds is 12. The molecule has 0 radical (unpaired) electrons. The van der Waals surface area contributed by atoms with Crippen LogP contribution in [0.3, 0.4) is 0 Å². The van der Waals surface area contributed by atoms with Gasteiger partial charge in [-0.2, -0.15) is 0 Å².